The van der Waals surface area contributed by atoms with Crippen molar-refractivity contribution in [3.05, 3.63) is 59.7 Å². The zero-order valence-electron chi connectivity index (χ0n) is 16.9. The number of nitrogens with one attached hydrogen (secondary N) is 1. The van der Waals surface area contributed by atoms with Crippen LogP contribution < -0.4 is 10.1 Å². The molecule has 0 radical (unpaired) electrons. The van der Waals surface area contributed by atoms with Gasteiger partial charge in [0, 0.05) is 24.2 Å². The average Bonchev–Trinajstić information content (AvgIpc) is 2.73. The van der Waals surface area contributed by atoms with E-state index < -0.39 is 5.41 Å². The monoisotopic (exact) mass is 390 g/mol. The first-order valence-electron chi connectivity index (χ1n) is 10.4. The summed E-state index contributed by atoms with van der Waals surface area (Å²) in [5.41, 5.74) is 2.27. The lowest BCUT2D eigenvalue weighted by Gasteiger charge is -2.68. The number of nitrogens with zero attached hydrogens (tertiary/aromatic N) is 1. The minimum Gasteiger partial charge on any atom is -0.497 e. The summed E-state index contributed by atoms with van der Waals surface area (Å²) in [5.74, 6) is 0.978. The number of amides is 2. The van der Waals surface area contributed by atoms with Crippen molar-refractivity contribution < 1.29 is 14.3 Å². The van der Waals surface area contributed by atoms with Crippen LogP contribution in [0.1, 0.15) is 37.3 Å². The lowest BCUT2D eigenvalue weighted by molar-refractivity contribution is -0.185. The van der Waals surface area contributed by atoms with Gasteiger partial charge in [0.25, 0.3) is 0 Å². The highest BCUT2D eigenvalue weighted by Crippen LogP contribution is 2.70. The maximum absolute atomic E-state index is 13.8. The fraction of sp³-hybridized carbons (Fsp3) is 0.417. The maximum atomic E-state index is 13.8. The molecule has 29 heavy (non-hydrogen) atoms. The Hall–Kier alpha value is -2.82. The van der Waals surface area contributed by atoms with Gasteiger partial charge in [0.2, 0.25) is 11.8 Å². The number of piperidine rings is 1. The third-order valence-electron chi connectivity index (χ3n) is 7.59. The summed E-state index contributed by atoms with van der Waals surface area (Å²) in [6.45, 7) is 3.37. The Morgan fingerprint density at radius 1 is 1.14 bits per heavy atom. The minimum atomic E-state index is -0.490. The van der Waals surface area contributed by atoms with Crippen molar-refractivity contribution in [2.24, 2.45) is 11.3 Å². The summed E-state index contributed by atoms with van der Waals surface area (Å²) in [6, 6.07) is 15.9. The molecule has 1 saturated heterocycles. The van der Waals surface area contributed by atoms with Gasteiger partial charge < -0.3 is 15.0 Å². The summed E-state index contributed by atoms with van der Waals surface area (Å²) in [7, 11) is 1.65. The normalized spacial score (nSPS) is 29.9. The molecule has 2 fully saturated rings. The molecule has 5 nitrogen and oxygen atoms in total. The molecule has 2 aromatic carbocycles. The third kappa shape index (κ3) is 2.27. The van der Waals surface area contributed by atoms with Crippen LogP contribution in [-0.4, -0.2) is 30.4 Å². The van der Waals surface area contributed by atoms with Crippen molar-refractivity contribution in [1.82, 2.24) is 4.90 Å². The average molecular weight is 390 g/mol. The van der Waals surface area contributed by atoms with E-state index in [1.807, 2.05) is 47.4 Å². The van der Waals surface area contributed by atoms with E-state index in [0.29, 0.717) is 19.5 Å². The molecule has 1 saturated carbocycles. The van der Waals surface area contributed by atoms with Crippen molar-refractivity contribution in [2.45, 2.75) is 38.1 Å². The van der Waals surface area contributed by atoms with Gasteiger partial charge in [-0.25, -0.2) is 0 Å². The molecule has 1 spiro atoms. The van der Waals surface area contributed by atoms with E-state index in [4.69, 9.17) is 4.74 Å². The second kappa shape index (κ2) is 6.34. The molecule has 1 aliphatic carbocycles. The van der Waals surface area contributed by atoms with Gasteiger partial charge in [-0.2, -0.15) is 0 Å². The number of fused-ring (bicyclic) bond motifs is 1. The number of benzene rings is 2. The van der Waals surface area contributed by atoms with Crippen molar-refractivity contribution in [2.75, 3.05) is 19.0 Å². The largest absolute Gasteiger partial charge is 0.497 e. The molecular weight excluding hydrogens is 364 g/mol. The molecule has 3 aliphatic rings. The van der Waals surface area contributed by atoms with Gasteiger partial charge in [-0.1, -0.05) is 37.3 Å². The van der Waals surface area contributed by atoms with Crippen LogP contribution in [0.4, 0.5) is 5.69 Å². The van der Waals surface area contributed by atoms with Crippen LogP contribution >= 0.6 is 0 Å². The molecular formula is C24H26N2O3. The van der Waals surface area contributed by atoms with Crippen molar-refractivity contribution in [3.8, 4) is 5.75 Å². The van der Waals surface area contributed by atoms with Gasteiger partial charge >= 0.3 is 0 Å². The van der Waals surface area contributed by atoms with Crippen LogP contribution in [0.25, 0.3) is 0 Å². The number of rotatable bonds is 4. The van der Waals surface area contributed by atoms with E-state index in [0.717, 1.165) is 35.4 Å². The van der Waals surface area contributed by atoms with Gasteiger partial charge in [0.1, 0.15) is 5.75 Å². The van der Waals surface area contributed by atoms with Gasteiger partial charge in [0.15, 0.2) is 0 Å². The molecule has 5 heteroatoms. The number of hydrogen-bond donors (Lipinski definition) is 1. The van der Waals surface area contributed by atoms with E-state index in [1.165, 1.54) is 0 Å². The van der Waals surface area contributed by atoms with Crippen LogP contribution in [-0.2, 0) is 21.5 Å². The summed E-state index contributed by atoms with van der Waals surface area (Å²) in [6.07, 6.45) is 2.22. The molecule has 1 N–H and O–H groups in total. The predicted molar refractivity (Wildman–Crippen MR) is 111 cm³/mol. The summed E-state index contributed by atoms with van der Waals surface area (Å²) >= 11 is 0. The SMILES string of the molecule is CC[C@]12C[C@@H]3C(=O)Nc4ccccc4[C@@]31CCN(Cc1ccc(OC)cc1)C2=O. The topological polar surface area (TPSA) is 58.6 Å². The lowest BCUT2D eigenvalue weighted by atomic mass is 9.37. The first kappa shape index (κ1) is 18.2. The molecule has 5 rings (SSSR count). The molecule has 0 unspecified atom stereocenters. The fourth-order valence-corrected chi connectivity index (χ4v) is 6.13. The first-order chi connectivity index (χ1) is 14.1. The van der Waals surface area contributed by atoms with Crippen LogP contribution in [0.3, 0.4) is 0 Å². The van der Waals surface area contributed by atoms with Crippen LogP contribution in [0.2, 0.25) is 0 Å². The number of para-hydroxylation sites is 1. The van der Waals surface area contributed by atoms with Gasteiger partial charge in [-0.05, 0) is 48.6 Å². The Bertz CT molecular complexity index is 986. The summed E-state index contributed by atoms with van der Waals surface area (Å²) in [5, 5.41) is 3.06. The molecule has 3 atom stereocenters. The maximum Gasteiger partial charge on any atom is 0.230 e. The van der Waals surface area contributed by atoms with Crippen molar-refractivity contribution >= 4 is 17.5 Å². The molecule has 2 heterocycles. The highest BCUT2D eigenvalue weighted by Gasteiger charge is 2.74. The van der Waals surface area contributed by atoms with Gasteiger partial charge in [-0.3, -0.25) is 9.59 Å². The van der Waals surface area contributed by atoms with E-state index in [9.17, 15) is 9.59 Å². The molecule has 2 aliphatic heterocycles. The van der Waals surface area contributed by atoms with Crippen LogP contribution in [0.5, 0.6) is 5.75 Å². The summed E-state index contributed by atoms with van der Waals surface area (Å²) in [4.78, 5) is 28.6. The zero-order chi connectivity index (χ0) is 20.2. The highest BCUT2D eigenvalue weighted by molar-refractivity contribution is 6.03. The van der Waals surface area contributed by atoms with Crippen LogP contribution in [0.15, 0.2) is 48.5 Å². The minimum absolute atomic E-state index is 0.0733. The number of ether oxygens (including phenoxy) is 1. The Morgan fingerprint density at radius 2 is 1.90 bits per heavy atom. The number of anilines is 1. The van der Waals surface area contributed by atoms with Crippen LogP contribution in [0, 0.1) is 11.3 Å². The predicted octanol–water partition coefficient (Wildman–Crippen LogP) is 3.73. The number of methoxy groups -OCH3 is 1. The first-order valence-corrected chi connectivity index (χ1v) is 10.4. The standard InChI is InChI=1S/C24H26N2O3/c1-3-23-14-19-21(27)25-20-7-5-4-6-18(20)24(19,23)12-13-26(22(23)28)15-16-8-10-17(29-2)11-9-16/h4-11,19H,3,12-15H2,1-2H3,(H,25,27)/t19-,23-,24+/m1/s1. The highest BCUT2D eigenvalue weighted by atomic mass is 16.5. The smallest absolute Gasteiger partial charge is 0.230 e. The van der Waals surface area contributed by atoms with E-state index in [1.54, 1.807) is 7.11 Å². The molecule has 150 valence electrons. The number of hydrogen-bond acceptors (Lipinski definition) is 3. The molecule has 2 amide bonds. The van der Waals surface area contributed by atoms with Crippen molar-refractivity contribution in [3.63, 3.8) is 0 Å². The van der Waals surface area contributed by atoms with Gasteiger partial charge in [-0.15, -0.1) is 0 Å². The van der Waals surface area contributed by atoms with E-state index >= 15 is 0 Å². The number of carbonyl (C=O) groups is 2. The molecule has 0 bridgehead atoms. The lowest BCUT2D eigenvalue weighted by Crippen LogP contribution is -2.74. The number of likely N-dealkylation sites (tertiary alicyclic amines) is 1. The Morgan fingerprint density at radius 3 is 2.62 bits per heavy atom. The molecule has 2 aromatic rings. The molecule has 0 aromatic heterocycles. The fourth-order valence-electron chi connectivity index (χ4n) is 6.13. The summed E-state index contributed by atoms with van der Waals surface area (Å²) < 4.78 is 5.24. The zero-order valence-corrected chi connectivity index (χ0v) is 16.9. The number of carbonyl (C=O) groups excluding carboxylic acids is 2. The van der Waals surface area contributed by atoms with Crippen molar-refractivity contribution in [1.29, 1.82) is 0 Å². The second-order valence-corrected chi connectivity index (χ2v) is 8.52. The quantitative estimate of drug-likeness (QED) is 0.865. The van der Waals surface area contributed by atoms with E-state index in [-0.39, 0.29) is 23.1 Å². The Labute approximate surface area is 171 Å². The van der Waals surface area contributed by atoms with E-state index in [2.05, 4.69) is 18.3 Å². The second-order valence-electron chi connectivity index (χ2n) is 8.52. The Kier molecular flexibility index (Phi) is 3.99. The third-order valence-corrected chi connectivity index (χ3v) is 7.59. The Balaban J connectivity index is 1.50. The van der Waals surface area contributed by atoms with Gasteiger partial charge in [0.05, 0.1) is 18.4 Å².